The first-order chi connectivity index (χ1) is 16.9. The van der Waals surface area contributed by atoms with Gasteiger partial charge in [0.2, 0.25) is 0 Å². The summed E-state index contributed by atoms with van der Waals surface area (Å²) in [5.41, 5.74) is 11.9. The van der Waals surface area contributed by atoms with Crippen LogP contribution in [0, 0.1) is 6.92 Å². The van der Waals surface area contributed by atoms with Crippen LogP contribution in [0.25, 0.3) is 11.3 Å². The van der Waals surface area contributed by atoms with Crippen molar-refractivity contribution < 1.29 is 14.6 Å². The Morgan fingerprint density at radius 2 is 1.80 bits per heavy atom. The fourth-order valence-corrected chi connectivity index (χ4v) is 4.96. The number of nitrogens with two attached hydrogens (primary N) is 1. The molecule has 6 nitrogen and oxygen atoms in total. The summed E-state index contributed by atoms with van der Waals surface area (Å²) < 4.78 is 6.34. The van der Waals surface area contributed by atoms with Crippen molar-refractivity contribution in [3.05, 3.63) is 70.4 Å². The largest absolute Gasteiger partial charge is 0.507 e. The number of primary amides is 1. The van der Waals surface area contributed by atoms with Crippen LogP contribution in [0.1, 0.15) is 72.3 Å². The predicted molar refractivity (Wildman–Crippen MR) is 139 cm³/mol. The average molecular weight is 474 g/mol. The number of carbonyl (C=O) groups excluding carboxylic acids is 1. The number of ether oxygens (including phenoxy) is 1. The van der Waals surface area contributed by atoms with Gasteiger partial charge in [-0.3, -0.25) is 9.78 Å². The number of pyridine rings is 1. The van der Waals surface area contributed by atoms with Gasteiger partial charge < -0.3 is 20.9 Å². The standard InChI is InChI=1S/C29H35N3O3/c1-4-19-9-8-10-20(5-2)28(19)25-16-27(35-22-13-14-23(29(30)34)26(33)15-22)24(18(3)32-25)17-31-21-11-6-7-12-21/h8-10,13-16,21,31,33H,4-7,11-12,17H2,1-3H3,(H2,30,34). The number of amides is 1. The number of aromatic hydroxyl groups is 1. The molecular weight excluding hydrogens is 438 g/mol. The Balaban J connectivity index is 1.78. The lowest BCUT2D eigenvalue weighted by Gasteiger charge is -2.20. The molecule has 1 saturated carbocycles. The van der Waals surface area contributed by atoms with E-state index in [2.05, 4.69) is 37.4 Å². The predicted octanol–water partition coefficient (Wildman–Crippen LogP) is 5.81. The van der Waals surface area contributed by atoms with E-state index in [1.807, 2.05) is 13.0 Å². The van der Waals surface area contributed by atoms with Gasteiger partial charge >= 0.3 is 0 Å². The van der Waals surface area contributed by atoms with Crippen LogP contribution in [0.5, 0.6) is 17.2 Å². The van der Waals surface area contributed by atoms with Gasteiger partial charge in [0, 0.05) is 41.5 Å². The molecule has 0 saturated heterocycles. The fourth-order valence-electron chi connectivity index (χ4n) is 4.96. The van der Waals surface area contributed by atoms with E-state index in [1.165, 1.54) is 48.9 Å². The number of nitrogens with zero attached hydrogens (tertiary/aromatic N) is 1. The Hall–Kier alpha value is -3.38. The molecule has 2 aromatic carbocycles. The Labute approximate surface area is 207 Å². The van der Waals surface area contributed by atoms with E-state index in [9.17, 15) is 9.90 Å². The number of aromatic nitrogens is 1. The van der Waals surface area contributed by atoms with Crippen LogP contribution in [-0.4, -0.2) is 22.0 Å². The van der Waals surface area contributed by atoms with Crippen LogP contribution < -0.4 is 15.8 Å². The molecule has 0 bridgehead atoms. The van der Waals surface area contributed by atoms with Crippen LogP contribution >= 0.6 is 0 Å². The van der Waals surface area contributed by atoms with Gasteiger partial charge in [-0.05, 0) is 55.9 Å². The molecule has 1 amide bonds. The highest BCUT2D eigenvalue weighted by molar-refractivity contribution is 5.95. The van der Waals surface area contributed by atoms with E-state index < -0.39 is 5.91 Å². The monoisotopic (exact) mass is 473 g/mol. The number of phenols is 1. The van der Waals surface area contributed by atoms with E-state index in [-0.39, 0.29) is 11.3 Å². The van der Waals surface area contributed by atoms with E-state index >= 15 is 0 Å². The van der Waals surface area contributed by atoms with Crippen molar-refractivity contribution in [1.29, 1.82) is 0 Å². The SMILES string of the molecule is CCc1cccc(CC)c1-c1cc(Oc2ccc(C(N)=O)c(O)c2)c(CNC2CCCC2)c(C)n1. The number of aryl methyl sites for hydroxylation is 3. The molecular formula is C29H35N3O3. The zero-order chi connectivity index (χ0) is 24.9. The second-order valence-electron chi connectivity index (χ2n) is 9.24. The summed E-state index contributed by atoms with van der Waals surface area (Å²) in [6, 6.07) is 13.5. The molecule has 1 aliphatic rings. The van der Waals surface area contributed by atoms with E-state index in [4.69, 9.17) is 15.5 Å². The van der Waals surface area contributed by atoms with E-state index in [0.29, 0.717) is 24.1 Å². The minimum Gasteiger partial charge on any atom is -0.507 e. The highest BCUT2D eigenvalue weighted by atomic mass is 16.5. The van der Waals surface area contributed by atoms with Crippen LogP contribution in [0.15, 0.2) is 42.5 Å². The Morgan fingerprint density at radius 1 is 1.11 bits per heavy atom. The third-order valence-corrected chi connectivity index (χ3v) is 6.93. The van der Waals surface area contributed by atoms with Gasteiger partial charge in [-0.2, -0.15) is 0 Å². The van der Waals surface area contributed by atoms with Crippen LogP contribution in [-0.2, 0) is 19.4 Å². The summed E-state index contributed by atoms with van der Waals surface area (Å²) in [6.07, 6.45) is 6.72. The quantitative estimate of drug-likeness (QED) is 0.364. The molecule has 1 aliphatic carbocycles. The molecule has 0 spiro atoms. The lowest BCUT2D eigenvalue weighted by molar-refractivity contribution is 0.0997. The molecule has 184 valence electrons. The van der Waals surface area contributed by atoms with Crippen molar-refractivity contribution in [2.24, 2.45) is 5.73 Å². The lowest BCUT2D eigenvalue weighted by atomic mass is 9.94. The summed E-state index contributed by atoms with van der Waals surface area (Å²) in [4.78, 5) is 16.6. The van der Waals surface area contributed by atoms with Gasteiger partial charge in [0.1, 0.15) is 17.2 Å². The minimum atomic E-state index is -0.680. The maximum Gasteiger partial charge on any atom is 0.252 e. The van der Waals surface area contributed by atoms with E-state index in [0.717, 1.165) is 35.4 Å². The topological polar surface area (TPSA) is 97.5 Å². The molecule has 1 heterocycles. The highest BCUT2D eigenvalue weighted by Gasteiger charge is 2.20. The minimum absolute atomic E-state index is 0.0662. The van der Waals surface area contributed by atoms with Crippen molar-refractivity contribution in [1.82, 2.24) is 10.3 Å². The van der Waals surface area contributed by atoms with Gasteiger partial charge in [0.25, 0.3) is 5.91 Å². The molecule has 35 heavy (non-hydrogen) atoms. The van der Waals surface area contributed by atoms with Gasteiger partial charge in [-0.1, -0.05) is 44.9 Å². The molecule has 0 unspecified atom stereocenters. The Bertz CT molecular complexity index is 1190. The molecule has 6 heteroatoms. The van der Waals surface area contributed by atoms with Crippen molar-refractivity contribution in [3.8, 4) is 28.5 Å². The third-order valence-electron chi connectivity index (χ3n) is 6.93. The zero-order valence-electron chi connectivity index (χ0n) is 20.9. The average Bonchev–Trinajstić information content (AvgIpc) is 3.36. The third kappa shape index (κ3) is 5.49. The molecule has 0 aliphatic heterocycles. The number of nitrogens with one attached hydrogen (secondary N) is 1. The Kier molecular flexibility index (Phi) is 7.71. The van der Waals surface area contributed by atoms with Crippen LogP contribution in [0.4, 0.5) is 0 Å². The Morgan fingerprint density at radius 3 is 2.40 bits per heavy atom. The second-order valence-corrected chi connectivity index (χ2v) is 9.24. The number of benzene rings is 2. The smallest absolute Gasteiger partial charge is 0.252 e. The van der Waals surface area contributed by atoms with Crippen LogP contribution in [0.3, 0.4) is 0 Å². The number of hydrogen-bond donors (Lipinski definition) is 3. The van der Waals surface area contributed by atoms with E-state index in [1.54, 1.807) is 6.07 Å². The molecule has 3 aromatic rings. The fraction of sp³-hybridized carbons (Fsp3) is 0.379. The maximum atomic E-state index is 11.5. The molecule has 4 rings (SSSR count). The first-order valence-electron chi connectivity index (χ1n) is 12.6. The second kappa shape index (κ2) is 10.9. The van der Waals surface area contributed by atoms with Gasteiger partial charge in [-0.25, -0.2) is 0 Å². The van der Waals surface area contributed by atoms with Gasteiger partial charge in [0.05, 0.1) is 11.3 Å². The first-order valence-corrected chi connectivity index (χ1v) is 12.6. The summed E-state index contributed by atoms with van der Waals surface area (Å²) in [5, 5.41) is 13.9. The zero-order valence-corrected chi connectivity index (χ0v) is 20.9. The van der Waals surface area contributed by atoms with Gasteiger partial charge in [0.15, 0.2) is 0 Å². The first kappa shape index (κ1) is 24.7. The van der Waals surface area contributed by atoms with Crippen molar-refractivity contribution in [2.45, 2.75) is 71.9 Å². The summed E-state index contributed by atoms with van der Waals surface area (Å²) >= 11 is 0. The maximum absolute atomic E-state index is 11.5. The normalized spacial score (nSPS) is 13.8. The van der Waals surface area contributed by atoms with Gasteiger partial charge in [-0.15, -0.1) is 0 Å². The lowest BCUT2D eigenvalue weighted by Crippen LogP contribution is -2.26. The molecule has 0 atom stereocenters. The summed E-state index contributed by atoms with van der Waals surface area (Å²) in [7, 11) is 0. The number of rotatable bonds is 9. The number of carbonyl (C=O) groups is 1. The molecule has 0 radical (unpaired) electrons. The highest BCUT2D eigenvalue weighted by Crippen LogP contribution is 2.36. The summed E-state index contributed by atoms with van der Waals surface area (Å²) in [6.45, 7) is 6.99. The van der Waals surface area contributed by atoms with Crippen LogP contribution in [0.2, 0.25) is 0 Å². The van der Waals surface area contributed by atoms with Crippen molar-refractivity contribution in [2.75, 3.05) is 0 Å². The molecule has 4 N–H and O–H groups in total. The van der Waals surface area contributed by atoms with Crippen molar-refractivity contribution in [3.63, 3.8) is 0 Å². The summed E-state index contributed by atoms with van der Waals surface area (Å²) in [5.74, 6) is 0.250. The number of hydrogen-bond acceptors (Lipinski definition) is 5. The van der Waals surface area contributed by atoms with Crippen molar-refractivity contribution >= 4 is 5.91 Å². The molecule has 1 aromatic heterocycles. The molecule has 1 fully saturated rings.